The first-order valence-corrected chi connectivity index (χ1v) is 19.3. The number of halogens is 3. The van der Waals surface area contributed by atoms with Gasteiger partial charge in [0.2, 0.25) is 11.9 Å². The van der Waals surface area contributed by atoms with E-state index < -0.39 is 34.8 Å². The van der Waals surface area contributed by atoms with Crippen LogP contribution < -0.4 is 15.1 Å². The van der Waals surface area contributed by atoms with E-state index in [2.05, 4.69) is 41.1 Å². The molecule has 4 saturated carbocycles. The zero-order chi connectivity index (χ0) is 37.2. The van der Waals surface area contributed by atoms with E-state index in [1.54, 1.807) is 23.4 Å². The van der Waals surface area contributed by atoms with Crippen molar-refractivity contribution < 1.29 is 32.6 Å². The topological polar surface area (TPSA) is 137 Å². The molecule has 1 spiro atoms. The number of anilines is 3. The molecule has 2 N–H and O–H groups in total. The van der Waals surface area contributed by atoms with Gasteiger partial charge in [0.25, 0.3) is 5.91 Å². The fourth-order valence-corrected chi connectivity index (χ4v) is 10.8. The molecule has 3 aromatic rings. The first-order valence-electron chi connectivity index (χ1n) is 19.3. The van der Waals surface area contributed by atoms with Gasteiger partial charge >= 0.3 is 12.1 Å². The van der Waals surface area contributed by atoms with Gasteiger partial charge in [0.05, 0.1) is 5.56 Å². The molecule has 5 heterocycles. The molecule has 5 atom stereocenters. The largest absolute Gasteiger partial charge is 0.479 e. The number of benzene rings is 1. The van der Waals surface area contributed by atoms with Crippen molar-refractivity contribution in [1.82, 2.24) is 30.2 Å². The number of carbonyl (C=O) groups excluding carboxylic acids is 1. The van der Waals surface area contributed by atoms with Crippen LogP contribution in [-0.2, 0) is 27.7 Å². The SMILES string of the molecule is O=C(NC1(C(=O)O)C2CCC3CC(C2)CC1C3)c1cnc(N2CC3(CCOCC3)c3cc(CN4CCN(c5ncccn5)CC4)ccc32)nc1C(F)(F)F. The number of aromatic nitrogens is 4. The molecule has 3 aliphatic heterocycles. The summed E-state index contributed by atoms with van der Waals surface area (Å²) in [6, 6.07) is 7.95. The minimum absolute atomic E-state index is 0.144. The standard InChI is InChI=1S/C39H45F3N8O4/c40-39(41,42)32-29(33(51)47-38(34(52)53)27-4-2-24-16-26(18-27)19-28(38)17-24)21-45-36(46-32)50-23-37(6-14-54-15-7-37)30-20-25(3-5-31(30)50)22-48-10-12-49(13-11-48)35-43-8-1-9-44-35/h1,3,5,8-9,20-21,24,26-28H,2,4,6-7,10-19,22-23H2,(H,47,51)(H,52,53). The second-order valence-electron chi connectivity index (χ2n) is 16.3. The summed E-state index contributed by atoms with van der Waals surface area (Å²) in [7, 11) is 0. The Morgan fingerprint density at radius 1 is 0.926 bits per heavy atom. The Kier molecular flexibility index (Phi) is 8.79. The van der Waals surface area contributed by atoms with E-state index in [0.29, 0.717) is 70.1 Å². The second kappa shape index (κ2) is 13.4. The molecule has 0 radical (unpaired) electrons. The number of hydrogen-bond donors (Lipinski definition) is 2. The normalized spacial score (nSPS) is 28.9. The van der Waals surface area contributed by atoms with Crippen molar-refractivity contribution in [1.29, 1.82) is 0 Å². The lowest BCUT2D eigenvalue weighted by Crippen LogP contribution is -2.66. The number of carboxylic acid groups (broad SMARTS) is 1. The van der Waals surface area contributed by atoms with Crippen molar-refractivity contribution in [2.75, 3.05) is 55.7 Å². The number of aliphatic carboxylic acids is 1. The zero-order valence-electron chi connectivity index (χ0n) is 30.1. The molecule has 54 heavy (non-hydrogen) atoms. The van der Waals surface area contributed by atoms with Crippen LogP contribution in [0.25, 0.3) is 0 Å². The third-order valence-electron chi connectivity index (χ3n) is 13.4. The van der Waals surface area contributed by atoms with Crippen LogP contribution in [0.1, 0.15) is 78.5 Å². The quantitative estimate of drug-likeness (QED) is 0.330. The first-order chi connectivity index (χ1) is 26.0. The molecule has 2 aromatic heterocycles. The molecule has 4 aliphatic carbocycles. The van der Waals surface area contributed by atoms with E-state index in [9.17, 15) is 27.9 Å². The van der Waals surface area contributed by atoms with Crippen LogP contribution in [-0.4, -0.2) is 93.3 Å². The van der Waals surface area contributed by atoms with Crippen LogP contribution in [0.4, 0.5) is 30.8 Å². The summed E-state index contributed by atoms with van der Waals surface area (Å²) in [5, 5.41) is 13.3. The third kappa shape index (κ3) is 6.07. The minimum Gasteiger partial charge on any atom is -0.479 e. The Balaban J connectivity index is 0.993. The number of nitrogens with zero attached hydrogens (tertiary/aromatic N) is 7. The van der Waals surface area contributed by atoms with Gasteiger partial charge in [-0.2, -0.15) is 13.2 Å². The lowest BCUT2D eigenvalue weighted by molar-refractivity contribution is -0.154. The van der Waals surface area contributed by atoms with Crippen LogP contribution in [0.2, 0.25) is 0 Å². The number of carboxylic acids is 1. The maximum Gasteiger partial charge on any atom is 0.434 e. The fourth-order valence-electron chi connectivity index (χ4n) is 10.8. The van der Waals surface area contributed by atoms with E-state index in [1.807, 2.05) is 12.1 Å². The molecule has 1 amide bonds. The highest BCUT2D eigenvalue weighted by Crippen LogP contribution is 2.56. The van der Waals surface area contributed by atoms with E-state index in [1.165, 1.54) is 0 Å². The molecule has 286 valence electrons. The van der Waals surface area contributed by atoms with Crippen molar-refractivity contribution in [3.63, 3.8) is 0 Å². The molecule has 5 unspecified atom stereocenters. The number of rotatable bonds is 7. The highest BCUT2D eigenvalue weighted by molar-refractivity contribution is 5.99. The van der Waals surface area contributed by atoms with Crippen molar-refractivity contribution in [2.45, 2.75) is 75.0 Å². The summed E-state index contributed by atoms with van der Waals surface area (Å²) in [5.41, 5.74) is -1.20. The number of piperazine rings is 1. The second-order valence-corrected chi connectivity index (χ2v) is 16.3. The van der Waals surface area contributed by atoms with E-state index in [0.717, 1.165) is 74.5 Å². The molecule has 15 heteroatoms. The van der Waals surface area contributed by atoms with E-state index >= 15 is 0 Å². The molecule has 1 aromatic carbocycles. The maximum absolute atomic E-state index is 14.9. The Labute approximate surface area is 311 Å². The van der Waals surface area contributed by atoms with Crippen LogP contribution in [0.3, 0.4) is 0 Å². The van der Waals surface area contributed by atoms with Gasteiger partial charge in [-0.15, -0.1) is 0 Å². The molecular weight excluding hydrogens is 701 g/mol. The molecule has 2 saturated heterocycles. The Hall–Kier alpha value is -4.37. The highest BCUT2D eigenvalue weighted by atomic mass is 19.4. The van der Waals surface area contributed by atoms with Gasteiger partial charge in [-0.1, -0.05) is 18.6 Å². The van der Waals surface area contributed by atoms with Gasteiger partial charge in [0, 0.05) is 82.2 Å². The number of amides is 1. The van der Waals surface area contributed by atoms with Crippen LogP contribution in [0.15, 0.2) is 42.9 Å². The average molecular weight is 747 g/mol. The van der Waals surface area contributed by atoms with E-state index in [-0.39, 0.29) is 23.2 Å². The van der Waals surface area contributed by atoms with Gasteiger partial charge in [-0.05, 0) is 91.9 Å². The summed E-state index contributed by atoms with van der Waals surface area (Å²) in [6.45, 7) is 5.44. The Morgan fingerprint density at radius 2 is 1.67 bits per heavy atom. The van der Waals surface area contributed by atoms with Gasteiger partial charge < -0.3 is 25.0 Å². The number of hydrogen-bond acceptors (Lipinski definition) is 10. The first kappa shape index (κ1) is 35.3. The minimum atomic E-state index is -4.98. The number of nitrogens with one attached hydrogen (secondary N) is 1. The number of alkyl halides is 3. The molecule has 6 fully saturated rings. The van der Waals surface area contributed by atoms with Crippen molar-refractivity contribution in [3.05, 3.63) is 65.2 Å². The highest BCUT2D eigenvalue weighted by Gasteiger charge is 2.60. The van der Waals surface area contributed by atoms with Crippen LogP contribution in [0, 0.1) is 23.7 Å². The summed E-state index contributed by atoms with van der Waals surface area (Å²) in [6.07, 6.45) is 5.38. The number of fused-ring (bicyclic) bond motifs is 3. The fraction of sp³-hybridized carbons (Fsp3) is 0.590. The summed E-state index contributed by atoms with van der Waals surface area (Å²) in [4.78, 5) is 50.4. The van der Waals surface area contributed by atoms with Crippen LogP contribution >= 0.6 is 0 Å². The maximum atomic E-state index is 14.9. The average Bonchev–Trinajstić information content (AvgIpc) is 3.31. The third-order valence-corrected chi connectivity index (χ3v) is 13.4. The number of carbonyl (C=O) groups is 2. The molecular formula is C39H45F3N8O4. The molecule has 10 rings (SSSR count). The lowest BCUT2D eigenvalue weighted by atomic mass is 9.58. The summed E-state index contributed by atoms with van der Waals surface area (Å²) in [5.74, 6) is -1.56. The number of ether oxygens (including phenoxy) is 1. The van der Waals surface area contributed by atoms with Crippen molar-refractivity contribution >= 4 is 29.5 Å². The van der Waals surface area contributed by atoms with Crippen LogP contribution in [0.5, 0.6) is 0 Å². The molecule has 12 nitrogen and oxygen atoms in total. The summed E-state index contributed by atoms with van der Waals surface area (Å²) >= 11 is 0. The summed E-state index contributed by atoms with van der Waals surface area (Å²) < 4.78 is 50.3. The Bertz CT molecular complexity index is 1910. The van der Waals surface area contributed by atoms with Gasteiger partial charge in [-0.3, -0.25) is 9.69 Å². The zero-order valence-corrected chi connectivity index (χ0v) is 30.1. The molecule has 4 bridgehead atoms. The lowest BCUT2D eigenvalue weighted by Gasteiger charge is -2.50. The van der Waals surface area contributed by atoms with Crippen molar-refractivity contribution in [3.8, 4) is 0 Å². The van der Waals surface area contributed by atoms with Gasteiger partial charge in [0.1, 0.15) is 5.54 Å². The van der Waals surface area contributed by atoms with Crippen molar-refractivity contribution in [2.24, 2.45) is 23.7 Å². The van der Waals surface area contributed by atoms with E-state index in [4.69, 9.17) is 4.74 Å². The Morgan fingerprint density at radius 3 is 2.41 bits per heavy atom. The smallest absolute Gasteiger partial charge is 0.434 e. The predicted molar refractivity (Wildman–Crippen MR) is 191 cm³/mol. The molecule has 7 aliphatic rings. The van der Waals surface area contributed by atoms with Gasteiger partial charge in [0.15, 0.2) is 5.69 Å². The predicted octanol–water partition coefficient (Wildman–Crippen LogP) is 5.21. The van der Waals surface area contributed by atoms with Gasteiger partial charge in [-0.25, -0.2) is 24.7 Å². The monoisotopic (exact) mass is 746 g/mol.